The van der Waals surface area contributed by atoms with Crippen molar-refractivity contribution < 1.29 is 17.9 Å². The molecule has 29 heavy (non-hydrogen) atoms. The number of rotatable bonds is 5. The fourth-order valence-corrected chi connectivity index (χ4v) is 3.92. The predicted molar refractivity (Wildman–Crippen MR) is 106 cm³/mol. The highest BCUT2D eigenvalue weighted by molar-refractivity contribution is 7.89. The molecule has 1 aliphatic heterocycles. The van der Waals surface area contributed by atoms with Crippen LogP contribution in [-0.4, -0.2) is 68.8 Å². The van der Waals surface area contributed by atoms with Crippen molar-refractivity contribution in [3.8, 4) is 6.07 Å². The summed E-state index contributed by atoms with van der Waals surface area (Å²) >= 11 is 0. The van der Waals surface area contributed by atoms with Crippen molar-refractivity contribution in [1.82, 2.24) is 14.1 Å². The third kappa shape index (κ3) is 4.09. The van der Waals surface area contributed by atoms with Crippen LogP contribution < -0.4 is 10.2 Å². The van der Waals surface area contributed by atoms with Crippen LogP contribution in [0.5, 0.6) is 0 Å². The van der Waals surface area contributed by atoms with Gasteiger partial charge in [-0.05, 0) is 18.2 Å². The van der Waals surface area contributed by atoms with Crippen molar-refractivity contribution in [2.24, 2.45) is 7.05 Å². The van der Waals surface area contributed by atoms with E-state index in [0.29, 0.717) is 32.0 Å². The Labute approximate surface area is 169 Å². The number of amides is 1. The van der Waals surface area contributed by atoms with Gasteiger partial charge in [0.2, 0.25) is 10.0 Å². The number of sulfonamides is 1. The highest BCUT2D eigenvalue weighted by Gasteiger charge is 2.25. The second-order valence-corrected chi connectivity index (χ2v) is 8.81. The number of benzene rings is 1. The molecule has 154 valence electrons. The topological polar surface area (TPSA) is 121 Å². The number of hydrogen-bond donors (Lipinski definition) is 1. The number of ether oxygens (including phenoxy) is 1. The first-order chi connectivity index (χ1) is 13.8. The van der Waals surface area contributed by atoms with E-state index in [1.165, 1.54) is 37.1 Å². The van der Waals surface area contributed by atoms with Crippen LogP contribution in [0.25, 0.3) is 0 Å². The quantitative estimate of drug-likeness (QED) is 0.756. The lowest BCUT2D eigenvalue weighted by Crippen LogP contribution is -2.37. The first-order valence-electron chi connectivity index (χ1n) is 8.88. The van der Waals surface area contributed by atoms with E-state index in [1.54, 1.807) is 13.1 Å². The summed E-state index contributed by atoms with van der Waals surface area (Å²) in [5.41, 5.74) is 1.01. The van der Waals surface area contributed by atoms with Gasteiger partial charge in [0, 0.05) is 39.9 Å². The Kier molecular flexibility index (Phi) is 5.88. The lowest BCUT2D eigenvalue weighted by molar-refractivity contribution is 0.102. The molecule has 0 bridgehead atoms. The second-order valence-electron chi connectivity index (χ2n) is 6.66. The van der Waals surface area contributed by atoms with E-state index in [-0.39, 0.29) is 21.8 Å². The molecule has 0 spiro atoms. The maximum atomic E-state index is 13.1. The molecule has 10 nitrogen and oxygen atoms in total. The van der Waals surface area contributed by atoms with E-state index >= 15 is 0 Å². The number of nitriles is 1. The molecule has 1 fully saturated rings. The summed E-state index contributed by atoms with van der Waals surface area (Å²) in [6.45, 7) is 2.18. The molecule has 1 aromatic carbocycles. The number of anilines is 2. The zero-order chi connectivity index (χ0) is 21.2. The van der Waals surface area contributed by atoms with Gasteiger partial charge in [0.1, 0.15) is 17.5 Å². The smallest absolute Gasteiger partial charge is 0.258 e. The van der Waals surface area contributed by atoms with Gasteiger partial charge in [-0.25, -0.2) is 12.7 Å². The molecule has 1 aliphatic rings. The number of hydrogen-bond acceptors (Lipinski definition) is 7. The van der Waals surface area contributed by atoms with Crippen LogP contribution in [0.3, 0.4) is 0 Å². The summed E-state index contributed by atoms with van der Waals surface area (Å²) in [7, 11) is 0.741. The molecule has 11 heteroatoms. The number of carbonyl (C=O) groups excluding carboxylic acids is 1. The van der Waals surface area contributed by atoms with Crippen molar-refractivity contribution in [1.29, 1.82) is 5.26 Å². The molecule has 3 rings (SSSR count). The molecule has 0 radical (unpaired) electrons. The minimum absolute atomic E-state index is 0.00942. The van der Waals surface area contributed by atoms with E-state index in [0.717, 1.165) is 4.31 Å². The monoisotopic (exact) mass is 418 g/mol. The molecule has 1 saturated heterocycles. The Bertz CT molecular complexity index is 1060. The van der Waals surface area contributed by atoms with Gasteiger partial charge in [-0.3, -0.25) is 9.48 Å². The normalized spacial score (nSPS) is 14.7. The van der Waals surface area contributed by atoms with Crippen LogP contribution in [0, 0.1) is 11.3 Å². The maximum absolute atomic E-state index is 13.1. The van der Waals surface area contributed by atoms with Gasteiger partial charge in [0.05, 0.1) is 29.9 Å². The van der Waals surface area contributed by atoms with Gasteiger partial charge in [-0.2, -0.15) is 10.4 Å². The Morgan fingerprint density at radius 1 is 1.31 bits per heavy atom. The summed E-state index contributed by atoms with van der Waals surface area (Å²) in [5, 5.41) is 15.9. The Hall–Kier alpha value is -2.94. The van der Waals surface area contributed by atoms with Crippen LogP contribution in [0.4, 0.5) is 11.5 Å². The van der Waals surface area contributed by atoms with Crippen LogP contribution >= 0.6 is 0 Å². The summed E-state index contributed by atoms with van der Waals surface area (Å²) < 4.78 is 33.0. The lowest BCUT2D eigenvalue weighted by Gasteiger charge is -2.30. The number of nitrogens with one attached hydrogen (secondary N) is 1. The molecule has 0 unspecified atom stereocenters. The minimum atomic E-state index is -3.72. The maximum Gasteiger partial charge on any atom is 0.258 e. The largest absolute Gasteiger partial charge is 0.378 e. The standard InChI is InChI=1S/C18H22N6O4S/c1-22(2)29(26,27)14-4-5-16(24-6-8-28-9-7-24)15(10-14)18(25)21-17-13(11-19)12-20-23(17)3/h4-5,10,12H,6-9H2,1-3H3,(H,21,25). The van der Waals surface area contributed by atoms with Crippen LogP contribution in [0.1, 0.15) is 15.9 Å². The van der Waals surface area contributed by atoms with Gasteiger partial charge >= 0.3 is 0 Å². The highest BCUT2D eigenvalue weighted by Crippen LogP contribution is 2.27. The average molecular weight is 418 g/mol. The van der Waals surface area contributed by atoms with Gasteiger partial charge in [-0.15, -0.1) is 0 Å². The molecule has 0 aliphatic carbocycles. The molecule has 2 aromatic rings. The molecule has 2 heterocycles. The van der Waals surface area contributed by atoms with Crippen molar-refractivity contribution >= 4 is 27.4 Å². The summed E-state index contributed by atoms with van der Waals surface area (Å²) in [6.07, 6.45) is 1.35. The van der Waals surface area contributed by atoms with Gasteiger partial charge in [0.15, 0.2) is 0 Å². The van der Waals surface area contributed by atoms with Gasteiger partial charge < -0.3 is 15.0 Å². The molecular formula is C18H22N6O4S. The number of carbonyl (C=O) groups is 1. The third-order valence-electron chi connectivity index (χ3n) is 4.63. The zero-order valence-electron chi connectivity index (χ0n) is 16.4. The number of morpholine rings is 1. The van der Waals surface area contributed by atoms with E-state index in [2.05, 4.69) is 10.4 Å². The van der Waals surface area contributed by atoms with E-state index in [9.17, 15) is 18.5 Å². The van der Waals surface area contributed by atoms with Crippen LogP contribution in [-0.2, 0) is 21.8 Å². The van der Waals surface area contributed by atoms with E-state index in [1.807, 2.05) is 11.0 Å². The molecule has 1 amide bonds. The molecular weight excluding hydrogens is 396 g/mol. The molecule has 0 atom stereocenters. The first kappa shape index (κ1) is 20.8. The fraction of sp³-hybridized carbons (Fsp3) is 0.389. The Morgan fingerprint density at radius 2 is 2.00 bits per heavy atom. The lowest BCUT2D eigenvalue weighted by atomic mass is 10.1. The Balaban J connectivity index is 2.06. The zero-order valence-corrected chi connectivity index (χ0v) is 17.2. The molecule has 1 N–H and O–H groups in total. The number of nitrogens with zero attached hydrogens (tertiary/aromatic N) is 5. The van der Waals surface area contributed by atoms with Gasteiger partial charge in [0.25, 0.3) is 5.91 Å². The predicted octanol–water partition coefficient (Wildman–Crippen LogP) is 0.631. The third-order valence-corrected chi connectivity index (χ3v) is 6.45. The average Bonchev–Trinajstić information content (AvgIpc) is 3.07. The van der Waals surface area contributed by atoms with Crippen molar-refractivity contribution in [2.45, 2.75) is 4.90 Å². The van der Waals surface area contributed by atoms with E-state index in [4.69, 9.17) is 4.74 Å². The Morgan fingerprint density at radius 3 is 2.62 bits per heavy atom. The van der Waals surface area contributed by atoms with Crippen molar-refractivity contribution in [3.63, 3.8) is 0 Å². The molecule has 1 aromatic heterocycles. The van der Waals surface area contributed by atoms with Crippen LogP contribution in [0.2, 0.25) is 0 Å². The molecule has 0 saturated carbocycles. The summed E-state index contributed by atoms with van der Waals surface area (Å²) in [4.78, 5) is 15.1. The number of aromatic nitrogens is 2. The number of aryl methyl sites for hydroxylation is 1. The van der Waals surface area contributed by atoms with Crippen molar-refractivity contribution in [2.75, 3.05) is 50.6 Å². The fourth-order valence-electron chi connectivity index (χ4n) is 2.99. The highest BCUT2D eigenvalue weighted by atomic mass is 32.2. The summed E-state index contributed by atoms with van der Waals surface area (Å²) in [5.74, 6) is -0.284. The van der Waals surface area contributed by atoms with Crippen LogP contribution in [0.15, 0.2) is 29.3 Å². The minimum Gasteiger partial charge on any atom is -0.378 e. The van der Waals surface area contributed by atoms with Gasteiger partial charge in [-0.1, -0.05) is 0 Å². The second kappa shape index (κ2) is 8.20. The van der Waals surface area contributed by atoms with E-state index < -0.39 is 15.9 Å². The summed E-state index contributed by atoms with van der Waals surface area (Å²) in [6, 6.07) is 6.45. The SMILES string of the molecule is CN(C)S(=O)(=O)c1ccc(N2CCOCC2)c(C(=O)Nc2c(C#N)cnn2C)c1. The first-order valence-corrected chi connectivity index (χ1v) is 10.3. The van der Waals surface area contributed by atoms with Crippen molar-refractivity contribution in [3.05, 3.63) is 35.5 Å².